The second-order valence-electron chi connectivity index (χ2n) is 4.21. The zero-order valence-electron chi connectivity index (χ0n) is 10.0. The molecule has 0 aliphatic carbocycles. The van der Waals surface area contributed by atoms with Crippen LogP contribution in [0, 0.1) is 16.1 Å². The Hall–Kier alpha value is -1.80. The Morgan fingerprint density at radius 3 is 2.60 bits per heavy atom. The first kappa shape index (κ1) is 13.2. The van der Waals surface area contributed by atoms with E-state index in [9.17, 15) is 0 Å². The first-order valence-electron chi connectivity index (χ1n) is 5.70. The van der Waals surface area contributed by atoms with Crippen LogP contribution in [0.1, 0.15) is 5.56 Å². The minimum atomic E-state index is 0.455. The molecule has 20 heavy (non-hydrogen) atoms. The van der Waals surface area contributed by atoms with E-state index in [1.807, 2.05) is 16.7 Å². The predicted octanol–water partition coefficient (Wildman–Crippen LogP) is 4.87. The van der Waals surface area contributed by atoms with Crippen molar-refractivity contribution < 1.29 is 0 Å². The zero-order valence-corrected chi connectivity index (χ0v) is 12.4. The molecule has 0 atom stereocenters. The average molecular weight is 320 g/mol. The lowest BCUT2D eigenvalue weighted by molar-refractivity contribution is 1.06. The van der Waals surface area contributed by atoms with E-state index in [4.69, 9.17) is 40.7 Å². The lowest BCUT2D eigenvalue weighted by atomic mass is 10.2. The highest BCUT2D eigenvalue weighted by Crippen LogP contribution is 2.27. The van der Waals surface area contributed by atoms with E-state index < -0.39 is 0 Å². The monoisotopic (exact) mass is 319 g/mol. The molecule has 3 nitrogen and oxygen atoms in total. The van der Waals surface area contributed by atoms with Crippen LogP contribution in [-0.2, 0) is 0 Å². The third-order valence-corrected chi connectivity index (χ3v) is 4.00. The summed E-state index contributed by atoms with van der Waals surface area (Å²) in [5, 5.41) is 9.95. The van der Waals surface area contributed by atoms with Gasteiger partial charge in [-0.05, 0) is 48.6 Å². The van der Waals surface area contributed by atoms with Gasteiger partial charge in [0.15, 0.2) is 4.77 Å². The number of nitrogens with one attached hydrogen (secondary N) is 1. The Balaban J connectivity index is 2.35. The summed E-state index contributed by atoms with van der Waals surface area (Å²) in [6.07, 6.45) is 0. The fourth-order valence-corrected chi connectivity index (χ4v) is 2.66. The third-order valence-electron chi connectivity index (χ3n) is 2.97. The molecule has 2 aromatic carbocycles. The van der Waals surface area contributed by atoms with E-state index in [-0.39, 0.29) is 0 Å². The molecule has 1 N–H and O–H groups in total. The van der Waals surface area contributed by atoms with E-state index in [1.165, 1.54) is 0 Å². The number of H-pyrrole nitrogens is 1. The number of nitriles is 1. The van der Waals surface area contributed by atoms with Crippen LogP contribution in [0.5, 0.6) is 0 Å². The van der Waals surface area contributed by atoms with E-state index in [1.54, 1.807) is 24.3 Å². The Bertz CT molecular complexity index is 918. The Morgan fingerprint density at radius 2 is 1.90 bits per heavy atom. The molecule has 1 heterocycles. The van der Waals surface area contributed by atoms with Crippen molar-refractivity contribution in [2.75, 3.05) is 0 Å². The molecule has 0 saturated heterocycles. The summed E-state index contributed by atoms with van der Waals surface area (Å²) >= 11 is 17.3. The highest BCUT2D eigenvalue weighted by Gasteiger charge is 2.09. The van der Waals surface area contributed by atoms with Gasteiger partial charge >= 0.3 is 0 Å². The van der Waals surface area contributed by atoms with E-state index in [0.717, 1.165) is 16.7 Å². The highest BCUT2D eigenvalue weighted by atomic mass is 35.5. The van der Waals surface area contributed by atoms with Crippen LogP contribution < -0.4 is 0 Å². The van der Waals surface area contributed by atoms with Crippen LogP contribution in [-0.4, -0.2) is 9.55 Å². The van der Waals surface area contributed by atoms with Gasteiger partial charge in [-0.3, -0.25) is 4.57 Å². The molecule has 0 saturated carbocycles. The first-order valence-corrected chi connectivity index (χ1v) is 6.87. The second-order valence-corrected chi connectivity index (χ2v) is 5.41. The van der Waals surface area contributed by atoms with Gasteiger partial charge in [0.25, 0.3) is 0 Å². The summed E-state index contributed by atoms with van der Waals surface area (Å²) in [6.45, 7) is 0. The molecule has 98 valence electrons. The van der Waals surface area contributed by atoms with Crippen molar-refractivity contribution in [1.82, 2.24) is 9.55 Å². The van der Waals surface area contributed by atoms with Gasteiger partial charge in [-0.15, -0.1) is 0 Å². The normalized spacial score (nSPS) is 10.7. The number of hydrogen-bond acceptors (Lipinski definition) is 2. The molecule has 1 aromatic heterocycles. The van der Waals surface area contributed by atoms with Gasteiger partial charge in [-0.1, -0.05) is 23.2 Å². The maximum absolute atomic E-state index is 9.01. The number of fused-ring (bicyclic) bond motifs is 1. The number of halogens is 2. The van der Waals surface area contributed by atoms with Gasteiger partial charge in [0.1, 0.15) is 0 Å². The fourth-order valence-electron chi connectivity index (χ4n) is 2.05. The Morgan fingerprint density at radius 1 is 1.10 bits per heavy atom. The molecule has 3 aromatic rings. The Kier molecular flexibility index (Phi) is 3.27. The number of rotatable bonds is 1. The number of imidazole rings is 1. The van der Waals surface area contributed by atoms with Crippen molar-refractivity contribution in [1.29, 1.82) is 5.26 Å². The van der Waals surface area contributed by atoms with Crippen molar-refractivity contribution >= 4 is 46.5 Å². The summed E-state index contributed by atoms with van der Waals surface area (Å²) < 4.78 is 2.36. The molecule has 0 fully saturated rings. The minimum Gasteiger partial charge on any atom is -0.330 e. The molecule has 0 unspecified atom stereocenters. The molecular formula is C14H7Cl2N3S. The number of aromatic amines is 1. The largest absolute Gasteiger partial charge is 0.330 e. The quantitative estimate of drug-likeness (QED) is 0.650. The van der Waals surface area contributed by atoms with Crippen molar-refractivity contribution in [2.24, 2.45) is 0 Å². The first-order chi connectivity index (χ1) is 9.60. The highest BCUT2D eigenvalue weighted by molar-refractivity contribution is 7.71. The predicted molar refractivity (Wildman–Crippen MR) is 83.2 cm³/mol. The Labute approximate surface area is 130 Å². The van der Waals surface area contributed by atoms with Crippen LogP contribution in [0.4, 0.5) is 0 Å². The minimum absolute atomic E-state index is 0.455. The smallest absolute Gasteiger partial charge is 0.182 e. The van der Waals surface area contributed by atoms with Gasteiger partial charge in [-0.25, -0.2) is 0 Å². The van der Waals surface area contributed by atoms with Gasteiger partial charge in [0.05, 0.1) is 38.4 Å². The number of benzene rings is 2. The van der Waals surface area contributed by atoms with Crippen molar-refractivity contribution in [3.8, 4) is 11.8 Å². The molecule has 0 bridgehead atoms. The molecule has 0 spiro atoms. The lowest BCUT2D eigenvalue weighted by Gasteiger charge is -2.06. The summed E-state index contributed by atoms with van der Waals surface area (Å²) in [6, 6.07) is 12.8. The summed E-state index contributed by atoms with van der Waals surface area (Å²) in [7, 11) is 0. The maximum Gasteiger partial charge on any atom is 0.182 e. The summed E-state index contributed by atoms with van der Waals surface area (Å²) in [5.74, 6) is 0. The van der Waals surface area contributed by atoms with Crippen LogP contribution in [0.25, 0.3) is 16.7 Å². The van der Waals surface area contributed by atoms with Crippen LogP contribution in [0.3, 0.4) is 0 Å². The van der Waals surface area contributed by atoms with Gasteiger partial charge < -0.3 is 4.98 Å². The SMILES string of the molecule is N#Cc1ccc2[nH]c(=S)n(-c3ccc(Cl)c(Cl)c3)c2c1. The standard InChI is InChI=1S/C14H7Cl2N3S/c15-10-3-2-9(6-11(10)16)19-13-5-8(7-17)1-4-12(13)18-14(19)20/h1-6H,(H,18,20). The van der Waals surface area contributed by atoms with E-state index in [0.29, 0.717) is 20.4 Å². The summed E-state index contributed by atoms with van der Waals surface area (Å²) in [5.41, 5.74) is 3.05. The van der Waals surface area contributed by atoms with Crippen molar-refractivity contribution in [3.63, 3.8) is 0 Å². The lowest BCUT2D eigenvalue weighted by Crippen LogP contribution is -1.94. The van der Waals surface area contributed by atoms with Crippen molar-refractivity contribution in [3.05, 3.63) is 56.8 Å². The molecule has 0 radical (unpaired) electrons. The molecule has 0 aliphatic heterocycles. The van der Waals surface area contributed by atoms with Gasteiger partial charge in [-0.2, -0.15) is 5.26 Å². The third kappa shape index (κ3) is 2.10. The molecule has 0 aliphatic rings. The van der Waals surface area contributed by atoms with Crippen LogP contribution in [0.2, 0.25) is 10.0 Å². The fraction of sp³-hybridized carbons (Fsp3) is 0. The van der Waals surface area contributed by atoms with Gasteiger partial charge in [0, 0.05) is 0 Å². The van der Waals surface area contributed by atoms with Gasteiger partial charge in [0.2, 0.25) is 0 Å². The number of nitrogens with zero attached hydrogens (tertiary/aromatic N) is 2. The maximum atomic E-state index is 9.01. The zero-order chi connectivity index (χ0) is 14.3. The molecule has 6 heteroatoms. The molecule has 0 amide bonds. The number of hydrogen-bond donors (Lipinski definition) is 1. The van der Waals surface area contributed by atoms with Crippen molar-refractivity contribution in [2.45, 2.75) is 0 Å². The molecule has 3 rings (SSSR count). The van der Waals surface area contributed by atoms with Crippen LogP contribution >= 0.6 is 35.4 Å². The van der Waals surface area contributed by atoms with E-state index in [2.05, 4.69) is 11.1 Å². The number of aromatic nitrogens is 2. The van der Waals surface area contributed by atoms with Crippen LogP contribution in [0.15, 0.2) is 36.4 Å². The second kappa shape index (κ2) is 4.95. The topological polar surface area (TPSA) is 44.5 Å². The summed E-state index contributed by atoms with van der Waals surface area (Å²) in [4.78, 5) is 3.10. The average Bonchev–Trinajstić information content (AvgIpc) is 2.77. The molecular weight excluding hydrogens is 313 g/mol. The van der Waals surface area contributed by atoms with E-state index >= 15 is 0 Å².